The average molecular weight is 700 g/mol. The predicted octanol–water partition coefficient (Wildman–Crippen LogP) is 3.97. The monoisotopic (exact) mass is 700 g/mol. The molecule has 0 bridgehead atoms. The zero-order chi connectivity index (χ0) is 25.7. The van der Waals surface area contributed by atoms with E-state index < -0.39 is 22.9 Å². The number of rotatable bonds is 4. The van der Waals surface area contributed by atoms with Crippen molar-refractivity contribution in [1.82, 2.24) is 0 Å². The Bertz CT molecular complexity index is 1170. The smallest absolute Gasteiger partial charge is 1.00 e. The summed E-state index contributed by atoms with van der Waals surface area (Å²) >= 11 is -1.26. The standard InChI is InChI=1S/2C17H21.2ClH.Hf/c2*1-12-10-15(11-13(12)2)14-6-8-16(9-7-14)17(3,4)5;;;/h2*6-9H,10H2,1-5H3;2*1H;/q;;;;+2/p-2. The van der Waals surface area contributed by atoms with Crippen LogP contribution < -0.4 is 24.8 Å². The minimum Gasteiger partial charge on any atom is -1.00 e. The molecule has 196 valence electrons. The van der Waals surface area contributed by atoms with Gasteiger partial charge in [-0.2, -0.15) is 0 Å². The first-order valence-corrected chi connectivity index (χ1v) is 16.6. The van der Waals surface area contributed by atoms with Crippen LogP contribution in [-0.4, -0.2) is 0 Å². The molecule has 0 fully saturated rings. The molecule has 4 rings (SSSR count). The zero-order valence-corrected chi connectivity index (χ0v) is 29.4. The molecule has 0 N–H and O–H groups in total. The van der Waals surface area contributed by atoms with Gasteiger partial charge >= 0.3 is 227 Å². The number of halogens is 2. The molecule has 0 aromatic heterocycles. The largest absolute Gasteiger partial charge is 1.00 e. The van der Waals surface area contributed by atoms with Crippen LogP contribution in [0.1, 0.15) is 104 Å². The molecule has 0 saturated carbocycles. The van der Waals surface area contributed by atoms with Gasteiger partial charge in [0.15, 0.2) is 0 Å². The van der Waals surface area contributed by atoms with Crippen LogP contribution in [0.4, 0.5) is 0 Å². The van der Waals surface area contributed by atoms with E-state index in [9.17, 15) is 0 Å². The van der Waals surface area contributed by atoms with Crippen molar-refractivity contribution < 1.29 is 47.7 Å². The summed E-state index contributed by atoms with van der Waals surface area (Å²) in [6.07, 6.45) is 2.24. The van der Waals surface area contributed by atoms with Crippen molar-refractivity contribution in [2.75, 3.05) is 0 Å². The van der Waals surface area contributed by atoms with E-state index in [-0.39, 0.29) is 35.6 Å². The minimum absolute atomic E-state index is 0. The van der Waals surface area contributed by atoms with Crippen molar-refractivity contribution in [3.05, 3.63) is 99.7 Å². The molecular weight excluding hydrogens is 658 g/mol. The number of allylic oxidation sites excluding steroid dienone is 8. The fourth-order valence-electron chi connectivity index (χ4n) is 5.15. The Morgan fingerprint density at radius 1 is 0.514 bits per heavy atom. The molecule has 2 aliphatic rings. The van der Waals surface area contributed by atoms with E-state index in [2.05, 4.69) is 118 Å². The number of hydrogen-bond donors (Lipinski definition) is 0. The van der Waals surface area contributed by atoms with E-state index >= 15 is 0 Å². The summed E-state index contributed by atoms with van der Waals surface area (Å²) in [6.45, 7) is 23.2. The fourth-order valence-corrected chi connectivity index (χ4v) is 11.7. The Morgan fingerprint density at radius 3 is 1.08 bits per heavy atom. The molecule has 0 saturated heterocycles. The van der Waals surface area contributed by atoms with Crippen LogP contribution in [0.15, 0.2) is 77.5 Å². The average Bonchev–Trinajstić information content (AvgIpc) is 3.23. The van der Waals surface area contributed by atoms with Gasteiger partial charge in [-0.3, -0.25) is 0 Å². The van der Waals surface area contributed by atoms with E-state index in [0.29, 0.717) is 0 Å². The SMILES string of the molecule is CC1=C(C)[C]([Hf+2][C]2=C(c3ccc(C(C)(C)C)cc3)CC(C)=C2C)=C(c2ccc(C(C)(C)C)cc2)C1.[Cl-].[Cl-]. The van der Waals surface area contributed by atoms with Gasteiger partial charge in [-0.1, -0.05) is 0 Å². The van der Waals surface area contributed by atoms with Gasteiger partial charge in [-0.15, -0.1) is 0 Å². The molecule has 3 heteroatoms. The summed E-state index contributed by atoms with van der Waals surface area (Å²) in [5, 5.41) is 0. The van der Waals surface area contributed by atoms with Gasteiger partial charge in [0.05, 0.1) is 0 Å². The first-order chi connectivity index (χ1) is 16.3. The molecule has 37 heavy (non-hydrogen) atoms. The number of benzene rings is 2. The van der Waals surface area contributed by atoms with Crippen molar-refractivity contribution in [3.63, 3.8) is 0 Å². The maximum absolute atomic E-state index is 2.38. The maximum atomic E-state index is 2.38. The van der Waals surface area contributed by atoms with Gasteiger partial charge in [0, 0.05) is 0 Å². The van der Waals surface area contributed by atoms with Crippen LogP contribution in [0, 0.1) is 0 Å². The summed E-state index contributed by atoms with van der Waals surface area (Å²) < 4.78 is 3.47. The van der Waals surface area contributed by atoms with E-state index in [1.54, 1.807) is 40.1 Å². The fraction of sp³-hybridized carbons (Fsp3) is 0.412. The Morgan fingerprint density at radius 2 is 0.811 bits per heavy atom. The van der Waals surface area contributed by atoms with E-state index in [0.717, 1.165) is 12.8 Å². The van der Waals surface area contributed by atoms with Gasteiger partial charge in [0.25, 0.3) is 0 Å². The summed E-state index contributed by atoms with van der Waals surface area (Å²) in [7, 11) is 0. The molecule has 0 radical (unpaired) electrons. The van der Waals surface area contributed by atoms with Crippen LogP contribution in [0.2, 0.25) is 0 Å². The van der Waals surface area contributed by atoms with Crippen molar-refractivity contribution in [3.8, 4) is 0 Å². The second-order valence-electron chi connectivity index (χ2n) is 12.7. The minimum atomic E-state index is -1.26. The predicted molar refractivity (Wildman–Crippen MR) is 150 cm³/mol. The van der Waals surface area contributed by atoms with E-state index in [1.165, 1.54) is 22.3 Å². The van der Waals surface area contributed by atoms with Crippen LogP contribution >= 0.6 is 0 Å². The second kappa shape index (κ2) is 11.9. The van der Waals surface area contributed by atoms with Crippen molar-refractivity contribution in [2.45, 2.75) is 92.9 Å². The molecule has 2 aliphatic carbocycles. The molecule has 0 nitrogen and oxygen atoms in total. The Hall–Kier alpha value is -1.15. The van der Waals surface area contributed by atoms with Gasteiger partial charge in [0.1, 0.15) is 0 Å². The first-order valence-electron chi connectivity index (χ1n) is 13.1. The Kier molecular flexibility index (Phi) is 10.3. The van der Waals surface area contributed by atoms with Crippen LogP contribution in [0.3, 0.4) is 0 Å². The molecule has 0 atom stereocenters. The number of hydrogen-bond acceptors (Lipinski definition) is 0. The molecule has 2 aromatic carbocycles. The van der Waals surface area contributed by atoms with Crippen molar-refractivity contribution in [1.29, 1.82) is 0 Å². The molecular formula is C34H42Cl2Hf. The van der Waals surface area contributed by atoms with Crippen LogP contribution in [-0.2, 0) is 33.7 Å². The Balaban J connectivity index is 0.00000241. The summed E-state index contributed by atoms with van der Waals surface area (Å²) in [6, 6.07) is 18.9. The molecule has 0 unspecified atom stereocenters. The third-order valence-electron chi connectivity index (χ3n) is 7.97. The molecule has 0 aliphatic heterocycles. The van der Waals surface area contributed by atoms with Crippen LogP contribution in [0.25, 0.3) is 11.1 Å². The Labute approximate surface area is 250 Å². The summed E-state index contributed by atoms with van der Waals surface area (Å²) in [5.41, 5.74) is 15.6. The van der Waals surface area contributed by atoms with Gasteiger partial charge in [-0.05, 0) is 0 Å². The third kappa shape index (κ3) is 6.71. The molecule has 0 amide bonds. The van der Waals surface area contributed by atoms with E-state index in [1.807, 2.05) is 0 Å². The van der Waals surface area contributed by atoms with Gasteiger partial charge in [0.2, 0.25) is 0 Å². The van der Waals surface area contributed by atoms with Crippen molar-refractivity contribution in [2.24, 2.45) is 0 Å². The van der Waals surface area contributed by atoms with Crippen molar-refractivity contribution >= 4 is 11.1 Å². The first kappa shape index (κ1) is 32.1. The molecule has 0 spiro atoms. The molecule has 2 aromatic rings. The summed E-state index contributed by atoms with van der Waals surface area (Å²) in [4.78, 5) is 0. The quantitative estimate of drug-likeness (QED) is 0.424. The second-order valence-corrected chi connectivity index (χ2v) is 17.1. The normalized spacial score (nSPS) is 16.3. The molecule has 0 heterocycles. The topological polar surface area (TPSA) is 0 Å². The van der Waals surface area contributed by atoms with Crippen LogP contribution in [0.5, 0.6) is 0 Å². The summed E-state index contributed by atoms with van der Waals surface area (Å²) in [5.74, 6) is 0. The van der Waals surface area contributed by atoms with E-state index in [4.69, 9.17) is 0 Å². The zero-order valence-electron chi connectivity index (χ0n) is 24.3. The third-order valence-corrected chi connectivity index (χ3v) is 14.6. The van der Waals surface area contributed by atoms with Gasteiger partial charge in [-0.25, -0.2) is 0 Å². The van der Waals surface area contributed by atoms with Gasteiger partial charge < -0.3 is 24.8 Å². The maximum Gasteiger partial charge on any atom is -1.00 e.